The van der Waals surface area contributed by atoms with E-state index in [1.807, 2.05) is 43.5 Å². The van der Waals surface area contributed by atoms with Crippen LogP contribution in [0.1, 0.15) is 31.7 Å². The number of rotatable bonds is 9. The molecular formula is C27H34FN9O. The fourth-order valence-electron chi connectivity index (χ4n) is 5.04. The Kier molecular flexibility index (Phi) is 8.27. The lowest BCUT2D eigenvalue weighted by molar-refractivity contribution is -0.728. The Morgan fingerprint density at radius 2 is 2.16 bits per heavy atom. The standard InChI is InChI=1S/C27H34FN9O/c1-20(8-12-35-11-2-3-22(19-35)15-21-4-6-23(28)7-5-21)31-27(38)32-24-16-25(36-13-9-29-33-36)18-26(17-24)37-14-10-30-34-37/h4-7,9-10,13-14,16-18,20,22,29,36H,2-3,8,11-12,15,19H2,1H3,(H2,31,32,38)/t20-,22+/m1/s1. The van der Waals surface area contributed by atoms with Crippen LogP contribution < -0.4 is 21.1 Å². The van der Waals surface area contributed by atoms with Gasteiger partial charge in [-0.05, 0) is 68.8 Å². The summed E-state index contributed by atoms with van der Waals surface area (Å²) in [5.41, 5.74) is 10.5. The van der Waals surface area contributed by atoms with Gasteiger partial charge in [0, 0.05) is 37.5 Å². The lowest BCUT2D eigenvalue weighted by Crippen LogP contribution is -2.97. The summed E-state index contributed by atoms with van der Waals surface area (Å²) in [6.45, 7) is 5.05. The number of likely N-dealkylation sites (tertiary alicyclic amines) is 1. The Morgan fingerprint density at radius 1 is 1.29 bits per heavy atom. The minimum Gasteiger partial charge on any atom is -0.440 e. The fraction of sp³-hybridized carbons (Fsp3) is 0.370. The first-order chi connectivity index (χ1) is 18.5. The van der Waals surface area contributed by atoms with Gasteiger partial charge in [0.05, 0.1) is 23.8 Å². The molecule has 10 nitrogen and oxygen atoms in total. The van der Waals surface area contributed by atoms with Crippen molar-refractivity contribution in [3.05, 3.63) is 84.2 Å². The Hall–Kier alpha value is -3.80. The quantitative estimate of drug-likeness (QED) is 0.348. The van der Waals surface area contributed by atoms with E-state index in [1.54, 1.807) is 23.3 Å². The zero-order valence-electron chi connectivity index (χ0n) is 21.5. The highest BCUT2D eigenvalue weighted by molar-refractivity contribution is 5.90. The Labute approximate surface area is 221 Å². The van der Waals surface area contributed by atoms with E-state index >= 15 is 0 Å². The van der Waals surface area contributed by atoms with Gasteiger partial charge in [-0.2, -0.15) is 0 Å². The molecule has 1 fully saturated rings. The zero-order valence-corrected chi connectivity index (χ0v) is 21.5. The highest BCUT2D eigenvalue weighted by Gasteiger charge is 2.21. The maximum atomic E-state index is 13.2. The van der Waals surface area contributed by atoms with Gasteiger partial charge in [0.1, 0.15) is 17.7 Å². The van der Waals surface area contributed by atoms with E-state index in [4.69, 9.17) is 0 Å². The molecule has 0 saturated carbocycles. The lowest BCUT2D eigenvalue weighted by Gasteiger charge is -2.33. The number of carbonyl (C=O) groups excluding carboxylic acids is 1. The van der Waals surface area contributed by atoms with Gasteiger partial charge in [-0.3, -0.25) is 0 Å². The highest BCUT2D eigenvalue weighted by atomic mass is 19.1. The molecule has 4 N–H and O–H groups in total. The Bertz CT molecular complexity index is 1230. The molecule has 5 rings (SSSR count). The second-order valence-corrected chi connectivity index (χ2v) is 10.0. The van der Waals surface area contributed by atoms with Gasteiger partial charge >= 0.3 is 6.03 Å². The molecule has 2 amide bonds. The fourth-order valence-corrected chi connectivity index (χ4v) is 5.04. The molecule has 0 spiro atoms. The van der Waals surface area contributed by atoms with Crippen molar-refractivity contribution >= 4 is 17.4 Å². The van der Waals surface area contributed by atoms with E-state index in [9.17, 15) is 9.18 Å². The summed E-state index contributed by atoms with van der Waals surface area (Å²) in [6.07, 6.45) is 11.2. The number of piperidine rings is 1. The summed E-state index contributed by atoms with van der Waals surface area (Å²) in [6, 6.07) is 12.3. The molecule has 2 aliphatic rings. The molecule has 3 heterocycles. The van der Waals surface area contributed by atoms with Crippen LogP contribution in [0.15, 0.2) is 67.3 Å². The number of nitrogens with one attached hydrogen (secondary N) is 4. The second-order valence-electron chi connectivity index (χ2n) is 10.0. The molecule has 11 heteroatoms. The summed E-state index contributed by atoms with van der Waals surface area (Å²) < 4.78 is 14.9. The van der Waals surface area contributed by atoms with Gasteiger partial charge in [0.2, 0.25) is 0 Å². The summed E-state index contributed by atoms with van der Waals surface area (Å²) >= 11 is 0. The number of carbonyl (C=O) groups is 1. The molecule has 1 aromatic heterocycles. The van der Waals surface area contributed by atoms with Gasteiger partial charge in [-0.15, -0.1) is 5.10 Å². The van der Waals surface area contributed by atoms with Crippen molar-refractivity contribution in [2.24, 2.45) is 5.92 Å². The van der Waals surface area contributed by atoms with Crippen LogP contribution in [0, 0.1) is 11.7 Å². The number of quaternary nitrogens is 1. The monoisotopic (exact) mass is 519 g/mol. The van der Waals surface area contributed by atoms with E-state index in [-0.39, 0.29) is 17.9 Å². The van der Waals surface area contributed by atoms with E-state index in [0.29, 0.717) is 11.6 Å². The number of hydrogen-bond donors (Lipinski definition) is 4. The molecule has 200 valence electrons. The molecule has 3 atom stereocenters. The smallest absolute Gasteiger partial charge is 0.319 e. The van der Waals surface area contributed by atoms with Gasteiger partial charge < -0.3 is 31.5 Å². The first-order valence-electron chi connectivity index (χ1n) is 13.1. The number of halogens is 1. The average molecular weight is 520 g/mol. The van der Waals surface area contributed by atoms with Gasteiger partial charge in [-0.1, -0.05) is 17.3 Å². The second kappa shape index (κ2) is 12.2. The molecule has 0 aliphatic carbocycles. The van der Waals surface area contributed by atoms with Crippen molar-refractivity contribution in [1.29, 1.82) is 0 Å². The summed E-state index contributed by atoms with van der Waals surface area (Å²) in [7, 11) is 0. The predicted molar refractivity (Wildman–Crippen MR) is 143 cm³/mol. The Balaban J connectivity index is 1.12. The number of hydrogen-bond acceptors (Lipinski definition) is 5. The van der Waals surface area contributed by atoms with Crippen LogP contribution in [0.3, 0.4) is 0 Å². The van der Waals surface area contributed by atoms with E-state index in [2.05, 4.69) is 36.8 Å². The first-order valence-corrected chi connectivity index (χ1v) is 13.1. The number of urea groups is 1. The predicted octanol–water partition coefficient (Wildman–Crippen LogP) is 3.06. The molecule has 2 aromatic carbocycles. The van der Waals surface area contributed by atoms with E-state index < -0.39 is 0 Å². The van der Waals surface area contributed by atoms with Crippen molar-refractivity contribution in [3.63, 3.8) is 0 Å². The third kappa shape index (κ3) is 6.94. The molecule has 0 radical (unpaired) electrons. The SMILES string of the molecule is C[C@H](CCN1CCC[C@@H](Cc2ccc(F)cc2)C1)NC(=O)Nc1cc(-n2ccnn2)cc([NH+]2C=CN[N-]2)c1. The maximum absolute atomic E-state index is 13.2. The zero-order chi connectivity index (χ0) is 26.3. The molecule has 3 aromatic rings. The normalized spacial score (nSPS) is 20.2. The van der Waals surface area contributed by atoms with Crippen LogP contribution in [0.4, 0.5) is 20.6 Å². The van der Waals surface area contributed by atoms with Crippen LogP contribution in [0.2, 0.25) is 0 Å². The van der Waals surface area contributed by atoms with Crippen molar-refractivity contribution in [2.45, 2.75) is 38.6 Å². The number of anilines is 1. The minimum absolute atomic E-state index is 0.0109. The van der Waals surface area contributed by atoms with Gasteiger partial charge in [0.15, 0.2) is 0 Å². The van der Waals surface area contributed by atoms with Crippen LogP contribution in [0.25, 0.3) is 11.2 Å². The Morgan fingerprint density at radius 3 is 2.92 bits per heavy atom. The van der Waals surface area contributed by atoms with E-state index in [1.165, 1.54) is 24.1 Å². The van der Waals surface area contributed by atoms with E-state index in [0.717, 1.165) is 55.3 Å². The molecule has 1 saturated heterocycles. The van der Waals surface area contributed by atoms with Crippen molar-refractivity contribution < 1.29 is 14.2 Å². The first kappa shape index (κ1) is 25.8. The maximum Gasteiger partial charge on any atom is 0.319 e. The average Bonchev–Trinajstić information content (AvgIpc) is 3.64. The lowest BCUT2D eigenvalue weighted by atomic mass is 9.91. The minimum atomic E-state index is -0.256. The van der Waals surface area contributed by atoms with Crippen molar-refractivity contribution in [1.82, 2.24) is 30.6 Å². The summed E-state index contributed by atoms with van der Waals surface area (Å²) in [5, 5.41) is 14.7. The van der Waals surface area contributed by atoms with Crippen LogP contribution in [0.5, 0.6) is 0 Å². The summed E-state index contributed by atoms with van der Waals surface area (Å²) in [5.74, 6) is 0.382. The highest BCUT2D eigenvalue weighted by Crippen LogP contribution is 2.22. The van der Waals surface area contributed by atoms with Crippen molar-refractivity contribution in [3.8, 4) is 5.69 Å². The van der Waals surface area contributed by atoms with Crippen molar-refractivity contribution in [2.75, 3.05) is 25.0 Å². The molecule has 38 heavy (non-hydrogen) atoms. The van der Waals surface area contributed by atoms with Crippen LogP contribution in [-0.2, 0) is 6.42 Å². The summed E-state index contributed by atoms with van der Waals surface area (Å²) in [4.78, 5) is 15.3. The number of nitrogens with zero attached hydrogens (tertiary/aromatic N) is 5. The van der Waals surface area contributed by atoms with Gasteiger partial charge in [-0.25, -0.2) is 13.9 Å². The van der Waals surface area contributed by atoms with Gasteiger partial charge in [0.25, 0.3) is 0 Å². The number of benzene rings is 2. The largest absolute Gasteiger partial charge is 0.440 e. The van der Waals surface area contributed by atoms with Crippen LogP contribution in [-0.4, -0.2) is 51.6 Å². The third-order valence-corrected chi connectivity index (χ3v) is 6.96. The molecule has 1 unspecified atom stereocenters. The molecule has 0 bridgehead atoms. The molecule has 2 aliphatic heterocycles. The van der Waals surface area contributed by atoms with Crippen LogP contribution >= 0.6 is 0 Å². The number of aromatic nitrogens is 3. The topological polar surface area (TPSA) is 106 Å². The molecular weight excluding hydrogens is 485 g/mol. The number of amides is 2. The third-order valence-electron chi connectivity index (χ3n) is 6.96.